The Kier molecular flexibility index (Phi) is 5.95. The van der Waals surface area contributed by atoms with Gasteiger partial charge in [0.25, 0.3) is 0 Å². The summed E-state index contributed by atoms with van der Waals surface area (Å²) in [5.41, 5.74) is 1.77. The van der Waals surface area contributed by atoms with Crippen LogP contribution in [0.1, 0.15) is 18.4 Å². The Labute approximate surface area is 170 Å². The molecular weight excluding hydrogens is 368 g/mol. The fraction of sp³-hybridized carbons (Fsp3) is 0.364. The fourth-order valence-electron chi connectivity index (χ4n) is 3.58. The van der Waals surface area contributed by atoms with Crippen LogP contribution in [0.5, 0.6) is 11.5 Å². The number of aromatic amines is 1. The number of rotatable bonds is 8. The Hall–Kier alpha value is -3.06. The highest BCUT2D eigenvalue weighted by Gasteiger charge is 2.13. The first-order valence-corrected chi connectivity index (χ1v) is 9.97. The van der Waals surface area contributed by atoms with Gasteiger partial charge in [0.2, 0.25) is 5.91 Å². The first-order chi connectivity index (χ1) is 14.2. The Morgan fingerprint density at radius 1 is 1.14 bits per heavy atom. The molecule has 0 saturated carbocycles. The molecule has 0 atom stereocenters. The fourth-order valence-corrected chi connectivity index (χ4v) is 3.58. The minimum Gasteiger partial charge on any atom is -0.497 e. The minimum atomic E-state index is -0.121. The van der Waals surface area contributed by atoms with E-state index in [1.165, 1.54) is 12.8 Å². The normalized spacial score (nSPS) is 14.2. The number of carbonyl (C=O) groups is 1. The van der Waals surface area contributed by atoms with E-state index in [4.69, 9.17) is 9.47 Å². The quantitative estimate of drug-likeness (QED) is 0.613. The number of nitrogens with one attached hydrogen (secondary N) is 2. The van der Waals surface area contributed by atoms with Gasteiger partial charge >= 0.3 is 0 Å². The number of amides is 1. The number of nitrogens with zero attached hydrogens (tertiary/aromatic N) is 2. The number of methoxy groups -OCH3 is 1. The third-order valence-corrected chi connectivity index (χ3v) is 5.19. The molecule has 2 aromatic carbocycles. The van der Waals surface area contributed by atoms with Crippen LogP contribution in [0.15, 0.2) is 42.5 Å². The van der Waals surface area contributed by atoms with Gasteiger partial charge in [0.15, 0.2) is 5.82 Å². The van der Waals surface area contributed by atoms with E-state index in [1.807, 2.05) is 42.5 Å². The molecule has 152 valence electrons. The average molecular weight is 394 g/mol. The van der Waals surface area contributed by atoms with Gasteiger partial charge in [0.05, 0.1) is 19.0 Å². The van der Waals surface area contributed by atoms with Gasteiger partial charge in [-0.3, -0.25) is 14.8 Å². The molecule has 29 heavy (non-hydrogen) atoms. The lowest BCUT2D eigenvalue weighted by atomic mass is 10.1. The third-order valence-electron chi connectivity index (χ3n) is 5.19. The molecule has 0 bridgehead atoms. The minimum absolute atomic E-state index is 0.121. The molecule has 0 aliphatic carbocycles. The summed E-state index contributed by atoms with van der Waals surface area (Å²) in [7, 11) is 1.62. The molecule has 1 aromatic heterocycles. The summed E-state index contributed by atoms with van der Waals surface area (Å²) in [6.45, 7) is 3.92. The topological polar surface area (TPSA) is 79.5 Å². The first kappa shape index (κ1) is 19.3. The lowest BCUT2D eigenvalue weighted by molar-refractivity contribution is -0.115. The highest BCUT2D eigenvalue weighted by molar-refractivity contribution is 6.00. The molecule has 1 aliphatic heterocycles. The predicted molar refractivity (Wildman–Crippen MR) is 113 cm³/mol. The van der Waals surface area contributed by atoms with Crippen molar-refractivity contribution in [3.8, 4) is 11.5 Å². The SMILES string of the molecule is COc1ccc(CC(=O)Nc2n[nH]c3ccc(OCCN4CCCC4)cc23)cc1. The second-order valence-corrected chi connectivity index (χ2v) is 7.25. The molecular formula is C22H26N4O3. The van der Waals surface area contributed by atoms with Gasteiger partial charge in [-0.2, -0.15) is 5.10 Å². The zero-order valence-electron chi connectivity index (χ0n) is 16.6. The van der Waals surface area contributed by atoms with Crippen molar-refractivity contribution in [3.63, 3.8) is 0 Å². The van der Waals surface area contributed by atoms with Crippen molar-refractivity contribution < 1.29 is 14.3 Å². The summed E-state index contributed by atoms with van der Waals surface area (Å²) in [4.78, 5) is 14.9. The summed E-state index contributed by atoms with van der Waals surface area (Å²) in [5.74, 6) is 1.95. The van der Waals surface area contributed by atoms with Crippen LogP contribution in [0.2, 0.25) is 0 Å². The van der Waals surface area contributed by atoms with E-state index in [0.717, 1.165) is 47.6 Å². The lowest BCUT2D eigenvalue weighted by Gasteiger charge is -2.14. The summed E-state index contributed by atoms with van der Waals surface area (Å²) in [5, 5.41) is 10.9. The number of likely N-dealkylation sites (tertiary alicyclic amines) is 1. The second-order valence-electron chi connectivity index (χ2n) is 7.25. The molecule has 0 spiro atoms. The Morgan fingerprint density at radius 2 is 1.90 bits per heavy atom. The molecule has 1 saturated heterocycles. The van der Waals surface area contributed by atoms with Gasteiger partial charge < -0.3 is 14.8 Å². The van der Waals surface area contributed by atoms with Gasteiger partial charge in [0.1, 0.15) is 18.1 Å². The van der Waals surface area contributed by atoms with E-state index in [9.17, 15) is 4.79 Å². The Bertz CT molecular complexity index is 962. The molecule has 4 rings (SSSR count). The molecule has 7 heteroatoms. The van der Waals surface area contributed by atoms with E-state index in [1.54, 1.807) is 7.11 Å². The summed E-state index contributed by atoms with van der Waals surface area (Å²) in [6, 6.07) is 13.2. The number of carbonyl (C=O) groups excluding carboxylic acids is 1. The Morgan fingerprint density at radius 3 is 2.66 bits per heavy atom. The van der Waals surface area contributed by atoms with Crippen molar-refractivity contribution in [2.75, 3.05) is 38.7 Å². The van der Waals surface area contributed by atoms with Crippen LogP contribution in [0, 0.1) is 0 Å². The van der Waals surface area contributed by atoms with E-state index in [0.29, 0.717) is 12.4 Å². The highest BCUT2D eigenvalue weighted by atomic mass is 16.5. The number of hydrogen-bond acceptors (Lipinski definition) is 5. The summed E-state index contributed by atoms with van der Waals surface area (Å²) < 4.78 is 11.1. The largest absolute Gasteiger partial charge is 0.497 e. The molecule has 1 fully saturated rings. The number of fused-ring (bicyclic) bond motifs is 1. The third kappa shape index (κ3) is 4.86. The molecule has 0 unspecified atom stereocenters. The van der Waals surface area contributed by atoms with Crippen LogP contribution in [-0.4, -0.2) is 54.4 Å². The molecule has 3 aromatic rings. The first-order valence-electron chi connectivity index (χ1n) is 9.97. The maximum atomic E-state index is 12.4. The van der Waals surface area contributed by atoms with Crippen molar-refractivity contribution in [2.24, 2.45) is 0 Å². The number of benzene rings is 2. The number of H-pyrrole nitrogens is 1. The van der Waals surface area contributed by atoms with E-state index >= 15 is 0 Å². The second kappa shape index (κ2) is 8.96. The van der Waals surface area contributed by atoms with Crippen LogP contribution in [0.25, 0.3) is 10.9 Å². The van der Waals surface area contributed by atoms with Crippen LogP contribution in [-0.2, 0) is 11.2 Å². The number of anilines is 1. The maximum Gasteiger partial charge on any atom is 0.230 e. The van der Waals surface area contributed by atoms with Crippen LogP contribution in [0.4, 0.5) is 5.82 Å². The number of ether oxygens (including phenoxy) is 2. The van der Waals surface area contributed by atoms with Crippen LogP contribution in [0.3, 0.4) is 0 Å². The van der Waals surface area contributed by atoms with Crippen molar-refractivity contribution in [1.82, 2.24) is 15.1 Å². The molecule has 2 N–H and O–H groups in total. The van der Waals surface area contributed by atoms with Crippen molar-refractivity contribution in [1.29, 1.82) is 0 Å². The van der Waals surface area contributed by atoms with Gasteiger partial charge in [0, 0.05) is 11.9 Å². The smallest absolute Gasteiger partial charge is 0.230 e. The summed E-state index contributed by atoms with van der Waals surface area (Å²) in [6.07, 6.45) is 2.82. The van der Waals surface area contributed by atoms with Crippen molar-refractivity contribution in [3.05, 3.63) is 48.0 Å². The molecule has 7 nitrogen and oxygen atoms in total. The molecule has 2 heterocycles. The zero-order chi connectivity index (χ0) is 20.1. The van der Waals surface area contributed by atoms with Gasteiger partial charge in [-0.05, 0) is 61.8 Å². The summed E-state index contributed by atoms with van der Waals surface area (Å²) >= 11 is 0. The zero-order valence-corrected chi connectivity index (χ0v) is 16.6. The molecule has 1 amide bonds. The van der Waals surface area contributed by atoms with E-state index in [-0.39, 0.29) is 12.3 Å². The van der Waals surface area contributed by atoms with Crippen LogP contribution < -0.4 is 14.8 Å². The highest BCUT2D eigenvalue weighted by Crippen LogP contribution is 2.25. The standard InChI is InChI=1S/C22H26N4O3/c1-28-17-6-4-16(5-7-17)14-21(27)23-22-19-15-18(8-9-20(19)24-25-22)29-13-12-26-10-2-3-11-26/h4-9,15H,2-3,10-14H2,1H3,(H2,23,24,25,27). The number of hydrogen-bond donors (Lipinski definition) is 2. The van der Waals surface area contributed by atoms with Gasteiger partial charge in [-0.25, -0.2) is 0 Å². The van der Waals surface area contributed by atoms with E-state index < -0.39 is 0 Å². The maximum absolute atomic E-state index is 12.4. The predicted octanol–water partition coefficient (Wildman–Crippen LogP) is 3.23. The monoisotopic (exact) mass is 394 g/mol. The van der Waals surface area contributed by atoms with Crippen LogP contribution >= 0.6 is 0 Å². The van der Waals surface area contributed by atoms with E-state index in [2.05, 4.69) is 20.4 Å². The van der Waals surface area contributed by atoms with Gasteiger partial charge in [-0.15, -0.1) is 0 Å². The molecule has 1 aliphatic rings. The van der Waals surface area contributed by atoms with Crippen molar-refractivity contribution >= 4 is 22.6 Å². The molecule has 0 radical (unpaired) electrons. The van der Waals surface area contributed by atoms with Gasteiger partial charge in [-0.1, -0.05) is 12.1 Å². The Balaban J connectivity index is 1.37. The van der Waals surface area contributed by atoms with Crippen molar-refractivity contribution in [2.45, 2.75) is 19.3 Å². The number of aromatic nitrogens is 2. The lowest BCUT2D eigenvalue weighted by Crippen LogP contribution is -2.25. The average Bonchev–Trinajstić information content (AvgIpc) is 3.39.